The standard InChI is InChI=1S/C28H20N2S4/c1-5-13-23(19(9-1)27-29-21-11-3-7-15-25(21)33-27)31-17-18-32-24-14-6-2-10-20(24)28-30-22-12-4-8-16-26(22)34-28/h1-16H,17-18H2. The number of hydrogen-bond acceptors (Lipinski definition) is 6. The molecule has 0 spiro atoms. The summed E-state index contributed by atoms with van der Waals surface area (Å²) in [6.45, 7) is 0. The zero-order valence-electron chi connectivity index (χ0n) is 18.2. The normalized spacial score (nSPS) is 11.4. The maximum Gasteiger partial charge on any atom is 0.125 e. The first-order valence-electron chi connectivity index (χ1n) is 11.0. The molecule has 0 aliphatic heterocycles. The lowest BCUT2D eigenvalue weighted by atomic mass is 10.2. The summed E-state index contributed by atoms with van der Waals surface area (Å²) in [5.41, 5.74) is 4.61. The number of nitrogens with zero attached hydrogens (tertiary/aromatic N) is 2. The fourth-order valence-corrected chi connectivity index (χ4v) is 8.05. The molecule has 2 nitrogen and oxygen atoms in total. The summed E-state index contributed by atoms with van der Waals surface area (Å²) in [6.07, 6.45) is 0. The van der Waals surface area contributed by atoms with E-state index in [4.69, 9.17) is 9.97 Å². The topological polar surface area (TPSA) is 25.8 Å². The first-order valence-corrected chi connectivity index (χ1v) is 14.6. The Kier molecular flexibility index (Phi) is 6.38. The van der Waals surface area contributed by atoms with Crippen molar-refractivity contribution in [3.8, 4) is 21.1 Å². The van der Waals surface area contributed by atoms with Crippen LogP contribution in [0.3, 0.4) is 0 Å². The highest BCUT2D eigenvalue weighted by atomic mass is 32.2. The monoisotopic (exact) mass is 512 g/mol. The van der Waals surface area contributed by atoms with Gasteiger partial charge in [-0.05, 0) is 36.4 Å². The molecule has 4 aromatic carbocycles. The Bertz CT molecular complexity index is 1400. The molecule has 0 bridgehead atoms. The number of fused-ring (bicyclic) bond motifs is 2. The number of aromatic nitrogens is 2. The molecule has 2 aromatic heterocycles. The Morgan fingerprint density at radius 3 is 1.38 bits per heavy atom. The minimum absolute atomic E-state index is 1.03. The van der Waals surface area contributed by atoms with Crippen molar-refractivity contribution in [2.75, 3.05) is 11.5 Å². The first-order chi connectivity index (χ1) is 16.8. The SMILES string of the molecule is c1ccc(-c2nc3ccccc3s2)c(SCCSc2ccccc2-c2nc3ccccc3s2)c1. The molecule has 0 aliphatic rings. The summed E-state index contributed by atoms with van der Waals surface area (Å²) in [4.78, 5) is 12.3. The summed E-state index contributed by atoms with van der Waals surface area (Å²) < 4.78 is 2.47. The van der Waals surface area contributed by atoms with Crippen LogP contribution in [-0.4, -0.2) is 21.5 Å². The van der Waals surface area contributed by atoms with E-state index in [0.717, 1.165) is 32.6 Å². The molecule has 0 amide bonds. The lowest BCUT2D eigenvalue weighted by Crippen LogP contribution is -1.88. The highest BCUT2D eigenvalue weighted by Gasteiger charge is 2.12. The molecule has 0 atom stereocenters. The molecule has 34 heavy (non-hydrogen) atoms. The van der Waals surface area contributed by atoms with Crippen LogP contribution < -0.4 is 0 Å². The predicted octanol–water partition coefficient (Wildman–Crippen LogP) is 9.12. The molecular weight excluding hydrogens is 493 g/mol. The van der Waals surface area contributed by atoms with Crippen LogP contribution in [0, 0.1) is 0 Å². The van der Waals surface area contributed by atoms with Crippen molar-refractivity contribution in [1.82, 2.24) is 9.97 Å². The molecule has 0 radical (unpaired) electrons. The third-order valence-corrected chi connectivity index (χ3v) is 9.97. The van der Waals surface area contributed by atoms with Gasteiger partial charge in [0.25, 0.3) is 0 Å². The van der Waals surface area contributed by atoms with E-state index in [0.29, 0.717) is 0 Å². The van der Waals surface area contributed by atoms with Gasteiger partial charge in [0.15, 0.2) is 0 Å². The van der Waals surface area contributed by atoms with Crippen LogP contribution >= 0.6 is 46.2 Å². The number of thiazole rings is 2. The van der Waals surface area contributed by atoms with Crippen LogP contribution in [0.25, 0.3) is 41.6 Å². The van der Waals surface area contributed by atoms with E-state index >= 15 is 0 Å². The minimum atomic E-state index is 1.03. The van der Waals surface area contributed by atoms with Crippen molar-refractivity contribution in [2.45, 2.75) is 9.79 Å². The van der Waals surface area contributed by atoms with E-state index in [2.05, 4.69) is 97.1 Å². The van der Waals surface area contributed by atoms with Crippen LogP contribution in [0.1, 0.15) is 0 Å². The van der Waals surface area contributed by atoms with Crippen molar-refractivity contribution < 1.29 is 0 Å². The maximum atomic E-state index is 4.88. The summed E-state index contributed by atoms with van der Waals surface area (Å²) >= 11 is 7.35. The highest BCUT2D eigenvalue weighted by molar-refractivity contribution is 8.03. The molecule has 0 saturated carbocycles. The van der Waals surface area contributed by atoms with Gasteiger partial charge in [-0.2, -0.15) is 0 Å². The van der Waals surface area contributed by atoms with Gasteiger partial charge in [0.2, 0.25) is 0 Å². The fourth-order valence-electron chi connectivity index (χ4n) is 3.82. The van der Waals surface area contributed by atoms with Crippen LogP contribution in [0.5, 0.6) is 0 Å². The summed E-state index contributed by atoms with van der Waals surface area (Å²) in [7, 11) is 0. The Morgan fingerprint density at radius 1 is 0.500 bits per heavy atom. The van der Waals surface area contributed by atoms with Gasteiger partial charge < -0.3 is 0 Å². The van der Waals surface area contributed by atoms with E-state index in [1.807, 2.05) is 23.5 Å². The lowest BCUT2D eigenvalue weighted by molar-refractivity contribution is 1.37. The maximum absolute atomic E-state index is 4.88. The van der Waals surface area contributed by atoms with Crippen LogP contribution in [0.4, 0.5) is 0 Å². The third kappa shape index (κ3) is 4.51. The smallest absolute Gasteiger partial charge is 0.125 e. The number of para-hydroxylation sites is 2. The number of hydrogen-bond donors (Lipinski definition) is 0. The van der Waals surface area contributed by atoms with Gasteiger partial charge in [0.05, 0.1) is 20.4 Å². The zero-order chi connectivity index (χ0) is 22.7. The van der Waals surface area contributed by atoms with Gasteiger partial charge in [-0.3, -0.25) is 0 Å². The average molecular weight is 513 g/mol. The molecule has 0 aliphatic carbocycles. The molecule has 0 N–H and O–H groups in total. The Labute approximate surface area is 215 Å². The van der Waals surface area contributed by atoms with Crippen molar-refractivity contribution in [2.24, 2.45) is 0 Å². The van der Waals surface area contributed by atoms with Gasteiger partial charge in [0.1, 0.15) is 10.0 Å². The summed E-state index contributed by atoms with van der Waals surface area (Å²) in [5.74, 6) is 2.06. The Hall–Kier alpha value is -2.64. The predicted molar refractivity (Wildman–Crippen MR) is 152 cm³/mol. The minimum Gasteiger partial charge on any atom is -0.236 e. The van der Waals surface area contributed by atoms with Gasteiger partial charge in [0, 0.05) is 32.4 Å². The van der Waals surface area contributed by atoms with Gasteiger partial charge in [-0.15, -0.1) is 46.2 Å². The van der Waals surface area contributed by atoms with E-state index in [-0.39, 0.29) is 0 Å². The molecule has 2 heterocycles. The molecule has 166 valence electrons. The van der Waals surface area contributed by atoms with Crippen molar-refractivity contribution in [1.29, 1.82) is 0 Å². The molecule has 0 fully saturated rings. The fraction of sp³-hybridized carbons (Fsp3) is 0.0714. The number of benzene rings is 4. The number of rotatable bonds is 7. The van der Waals surface area contributed by atoms with E-state index in [1.54, 1.807) is 22.7 Å². The second-order valence-corrected chi connectivity index (χ2v) is 12.0. The second kappa shape index (κ2) is 9.92. The van der Waals surface area contributed by atoms with E-state index < -0.39 is 0 Å². The van der Waals surface area contributed by atoms with Gasteiger partial charge in [-0.1, -0.05) is 60.7 Å². The highest BCUT2D eigenvalue weighted by Crippen LogP contribution is 2.38. The zero-order valence-corrected chi connectivity index (χ0v) is 21.4. The van der Waals surface area contributed by atoms with Crippen LogP contribution in [0.15, 0.2) is 107 Å². The first kappa shape index (κ1) is 21.9. The Balaban J connectivity index is 1.17. The average Bonchev–Trinajstić information content (AvgIpc) is 3.51. The van der Waals surface area contributed by atoms with Crippen molar-refractivity contribution >= 4 is 66.6 Å². The lowest BCUT2D eigenvalue weighted by Gasteiger charge is -2.09. The van der Waals surface area contributed by atoms with Crippen molar-refractivity contribution in [3.05, 3.63) is 97.1 Å². The summed E-state index contributed by atoms with van der Waals surface area (Å²) in [6, 6.07) is 34.0. The largest absolute Gasteiger partial charge is 0.236 e. The van der Waals surface area contributed by atoms with Crippen LogP contribution in [-0.2, 0) is 0 Å². The quantitative estimate of drug-likeness (QED) is 0.157. The molecule has 0 saturated heterocycles. The second-order valence-electron chi connectivity index (χ2n) is 7.66. The molecule has 0 unspecified atom stereocenters. The molecule has 6 aromatic rings. The van der Waals surface area contributed by atoms with E-state index in [9.17, 15) is 0 Å². The summed E-state index contributed by atoms with van der Waals surface area (Å²) in [5, 5.41) is 2.19. The third-order valence-electron chi connectivity index (χ3n) is 5.42. The number of thioether (sulfide) groups is 2. The Morgan fingerprint density at radius 2 is 0.912 bits per heavy atom. The molecular formula is C28H20N2S4. The molecule has 6 rings (SSSR count). The van der Waals surface area contributed by atoms with E-state index in [1.165, 1.54) is 30.3 Å². The van der Waals surface area contributed by atoms with Gasteiger partial charge >= 0.3 is 0 Å². The van der Waals surface area contributed by atoms with Crippen molar-refractivity contribution in [3.63, 3.8) is 0 Å². The van der Waals surface area contributed by atoms with Gasteiger partial charge in [-0.25, -0.2) is 9.97 Å². The van der Waals surface area contributed by atoms with Crippen LogP contribution in [0.2, 0.25) is 0 Å². The molecule has 6 heteroatoms.